The molecule has 1 unspecified atom stereocenters. The van der Waals surface area contributed by atoms with Crippen LogP contribution in [0.5, 0.6) is 0 Å². The molecule has 0 aliphatic carbocycles. The van der Waals surface area contributed by atoms with Crippen molar-refractivity contribution >= 4 is 28.5 Å². The summed E-state index contributed by atoms with van der Waals surface area (Å²) in [4.78, 5) is 25.5. The van der Waals surface area contributed by atoms with E-state index in [2.05, 4.69) is 14.9 Å². The summed E-state index contributed by atoms with van der Waals surface area (Å²) in [5.74, 6) is 0.433. The Hall–Kier alpha value is -2.69. The number of aromatic nitrogens is 3. The van der Waals surface area contributed by atoms with Crippen LogP contribution in [0.25, 0.3) is 11.0 Å². The monoisotopic (exact) mass is 509 g/mol. The Morgan fingerprint density at radius 3 is 2.46 bits per heavy atom. The number of halogens is 4. The summed E-state index contributed by atoms with van der Waals surface area (Å²) in [5.41, 5.74) is 0.776. The molecule has 35 heavy (non-hydrogen) atoms. The first-order chi connectivity index (χ1) is 16.5. The molecule has 1 N–H and O–H groups in total. The maximum atomic E-state index is 13.0. The zero-order valence-electron chi connectivity index (χ0n) is 19.6. The third-order valence-corrected chi connectivity index (χ3v) is 6.95. The number of alkyl halides is 3. The van der Waals surface area contributed by atoms with Crippen LogP contribution in [0.2, 0.25) is 5.15 Å². The molecule has 0 saturated carbocycles. The lowest BCUT2D eigenvalue weighted by Gasteiger charge is -2.48. The summed E-state index contributed by atoms with van der Waals surface area (Å²) in [7, 11) is 1.62. The fraction of sp³-hybridized carbons (Fsp3) is 0.458. The Morgan fingerprint density at radius 2 is 1.83 bits per heavy atom. The van der Waals surface area contributed by atoms with Gasteiger partial charge in [0.25, 0.3) is 0 Å². The van der Waals surface area contributed by atoms with Crippen LogP contribution in [0.15, 0.2) is 41.2 Å². The molecule has 3 atom stereocenters. The van der Waals surface area contributed by atoms with Crippen molar-refractivity contribution in [2.24, 2.45) is 7.05 Å². The number of anilines is 1. The lowest BCUT2D eigenvalue weighted by molar-refractivity contribution is -0.137. The Bertz CT molecular complexity index is 1260. The van der Waals surface area contributed by atoms with E-state index in [4.69, 9.17) is 11.6 Å². The smallest absolute Gasteiger partial charge is 0.396 e. The number of hydrogen-bond donors (Lipinski definition) is 1. The number of aliphatic hydroxyl groups excluding tert-OH is 1. The minimum absolute atomic E-state index is 0.0576. The van der Waals surface area contributed by atoms with Gasteiger partial charge in [0.2, 0.25) is 0 Å². The second-order valence-corrected chi connectivity index (χ2v) is 9.33. The molecule has 3 heterocycles. The molecule has 2 aromatic heterocycles. The molecule has 1 saturated heterocycles. The third-order valence-electron chi connectivity index (χ3n) is 6.74. The van der Waals surface area contributed by atoms with Gasteiger partial charge in [0, 0.05) is 44.9 Å². The summed E-state index contributed by atoms with van der Waals surface area (Å²) in [6, 6.07) is 8.14. The highest BCUT2D eigenvalue weighted by atomic mass is 35.5. The fourth-order valence-corrected chi connectivity index (χ4v) is 4.91. The van der Waals surface area contributed by atoms with Gasteiger partial charge >= 0.3 is 11.9 Å². The highest BCUT2D eigenvalue weighted by Gasteiger charge is 2.36. The first-order valence-corrected chi connectivity index (χ1v) is 11.7. The lowest BCUT2D eigenvalue weighted by Crippen LogP contribution is -2.58. The number of nitrogens with zero attached hydrogens (tertiary/aromatic N) is 5. The van der Waals surface area contributed by atoms with Crippen molar-refractivity contribution in [3.05, 3.63) is 63.2 Å². The van der Waals surface area contributed by atoms with Crippen LogP contribution in [-0.2, 0) is 13.2 Å². The largest absolute Gasteiger partial charge is 0.416 e. The molecular formula is C24H27ClF3N5O2. The average Bonchev–Trinajstić information content (AvgIpc) is 2.81. The molecule has 1 fully saturated rings. The molecule has 0 spiro atoms. The molecule has 0 bridgehead atoms. The molecule has 11 heteroatoms. The minimum atomic E-state index is -4.39. The molecule has 7 nitrogen and oxygen atoms in total. The first kappa shape index (κ1) is 25.4. The van der Waals surface area contributed by atoms with E-state index in [-0.39, 0.29) is 29.9 Å². The Balaban J connectivity index is 1.67. The van der Waals surface area contributed by atoms with Gasteiger partial charge in [-0.3, -0.25) is 9.47 Å². The molecule has 0 amide bonds. The fourth-order valence-electron chi connectivity index (χ4n) is 4.77. The highest BCUT2D eigenvalue weighted by molar-refractivity contribution is 6.29. The lowest BCUT2D eigenvalue weighted by atomic mass is 9.97. The predicted octanol–water partition coefficient (Wildman–Crippen LogP) is 4.02. The van der Waals surface area contributed by atoms with Gasteiger partial charge < -0.3 is 10.0 Å². The summed E-state index contributed by atoms with van der Waals surface area (Å²) in [5, 5.41) is 10.0. The van der Waals surface area contributed by atoms with Crippen molar-refractivity contribution < 1.29 is 18.3 Å². The van der Waals surface area contributed by atoms with Crippen molar-refractivity contribution in [1.82, 2.24) is 19.4 Å². The second kappa shape index (κ2) is 9.75. The number of pyridine rings is 1. The van der Waals surface area contributed by atoms with Crippen molar-refractivity contribution in [3.63, 3.8) is 0 Å². The molecule has 3 aromatic rings. The van der Waals surface area contributed by atoms with Crippen molar-refractivity contribution in [3.8, 4) is 0 Å². The molecule has 0 radical (unpaired) electrons. The number of piperazine rings is 1. The number of aryl methyl sites for hydroxylation is 1. The second-order valence-electron chi connectivity index (χ2n) is 8.94. The maximum absolute atomic E-state index is 13.0. The first-order valence-electron chi connectivity index (χ1n) is 11.3. The molecule has 1 aliphatic heterocycles. The van der Waals surface area contributed by atoms with Gasteiger partial charge in [-0.2, -0.15) is 18.2 Å². The van der Waals surface area contributed by atoms with Crippen LogP contribution in [0.3, 0.4) is 0 Å². The van der Waals surface area contributed by atoms with Crippen molar-refractivity contribution in [1.29, 1.82) is 0 Å². The van der Waals surface area contributed by atoms with Crippen LogP contribution in [-0.4, -0.2) is 56.3 Å². The molecule has 1 aromatic carbocycles. The Labute approximate surface area is 205 Å². The van der Waals surface area contributed by atoms with Gasteiger partial charge in [0.15, 0.2) is 5.82 Å². The normalized spacial score (nSPS) is 20.4. The number of rotatable bonds is 5. The van der Waals surface area contributed by atoms with Crippen molar-refractivity contribution in [2.45, 2.75) is 44.6 Å². The van der Waals surface area contributed by atoms with Crippen molar-refractivity contribution in [2.75, 3.05) is 24.6 Å². The van der Waals surface area contributed by atoms with Gasteiger partial charge in [-0.25, -0.2) is 9.78 Å². The summed E-state index contributed by atoms with van der Waals surface area (Å²) in [6.45, 7) is 4.89. The Kier molecular flexibility index (Phi) is 7.08. The average molecular weight is 510 g/mol. The van der Waals surface area contributed by atoms with Gasteiger partial charge in [-0.05, 0) is 50.1 Å². The topological polar surface area (TPSA) is 74.5 Å². The van der Waals surface area contributed by atoms with Gasteiger partial charge in [-0.1, -0.05) is 23.7 Å². The SMILES string of the molecule is CC(c1ccc(C(F)(F)F)cc1)N1C[C@H](C)N(c2nc(=O)n(C)c3ccc(Cl)nc23)C[C@H]1CCO. The van der Waals surface area contributed by atoms with E-state index < -0.39 is 17.4 Å². The number of hydrogen-bond acceptors (Lipinski definition) is 6. The standard InChI is InChI=1S/C24H27ClF3N5O2/c1-14-12-33(15(2)16-4-6-17(7-5-16)24(26,27)28)18(10-11-34)13-32(14)22-21-19(8-9-20(25)29-21)31(3)23(35)30-22/h4-9,14-15,18,34H,10-13H2,1-3H3/t14-,15?,18+/m0/s1. The van der Waals surface area contributed by atoms with Gasteiger partial charge in [0.1, 0.15) is 10.7 Å². The molecular weight excluding hydrogens is 483 g/mol. The molecule has 4 rings (SSSR count). The van der Waals surface area contributed by atoms with E-state index in [1.54, 1.807) is 19.2 Å². The predicted molar refractivity (Wildman–Crippen MR) is 129 cm³/mol. The molecule has 1 aliphatic rings. The van der Waals surface area contributed by atoms with Crippen LogP contribution < -0.4 is 10.6 Å². The van der Waals surface area contributed by atoms with Crippen LogP contribution in [0.1, 0.15) is 37.4 Å². The zero-order chi connectivity index (χ0) is 25.5. The van der Waals surface area contributed by atoms with Gasteiger partial charge in [0.05, 0.1) is 11.1 Å². The van der Waals surface area contributed by atoms with E-state index >= 15 is 0 Å². The van der Waals surface area contributed by atoms with E-state index in [9.17, 15) is 23.1 Å². The third kappa shape index (κ3) is 5.00. The quantitative estimate of drug-likeness (QED) is 0.524. The summed E-state index contributed by atoms with van der Waals surface area (Å²) >= 11 is 6.15. The highest BCUT2D eigenvalue weighted by Crippen LogP contribution is 2.34. The van der Waals surface area contributed by atoms with E-state index in [1.807, 2.05) is 18.7 Å². The number of aliphatic hydroxyl groups is 1. The van der Waals surface area contributed by atoms with Crippen LogP contribution in [0.4, 0.5) is 19.0 Å². The maximum Gasteiger partial charge on any atom is 0.416 e. The minimum Gasteiger partial charge on any atom is -0.396 e. The van der Waals surface area contributed by atoms with E-state index in [1.165, 1.54) is 16.7 Å². The van der Waals surface area contributed by atoms with E-state index in [0.29, 0.717) is 36.4 Å². The van der Waals surface area contributed by atoms with Crippen LogP contribution >= 0.6 is 11.6 Å². The molecule has 188 valence electrons. The van der Waals surface area contributed by atoms with Gasteiger partial charge in [-0.15, -0.1) is 0 Å². The number of fused-ring (bicyclic) bond motifs is 1. The van der Waals surface area contributed by atoms with Crippen LogP contribution in [0, 0.1) is 0 Å². The number of benzene rings is 1. The van der Waals surface area contributed by atoms with E-state index in [0.717, 1.165) is 17.7 Å². The Morgan fingerprint density at radius 1 is 1.14 bits per heavy atom. The summed E-state index contributed by atoms with van der Waals surface area (Å²) in [6.07, 6.45) is -3.94. The summed E-state index contributed by atoms with van der Waals surface area (Å²) < 4.78 is 40.4. The zero-order valence-corrected chi connectivity index (χ0v) is 20.4.